The predicted octanol–water partition coefficient (Wildman–Crippen LogP) is 3.43. The highest BCUT2D eigenvalue weighted by Crippen LogP contribution is 2.27. The highest BCUT2D eigenvalue weighted by Gasteiger charge is 2.31. The molecule has 1 aliphatic heterocycles. The van der Waals surface area contributed by atoms with Crippen molar-refractivity contribution >= 4 is 23.4 Å². The number of amides is 3. The van der Waals surface area contributed by atoms with Crippen LogP contribution in [0.5, 0.6) is 5.75 Å². The van der Waals surface area contributed by atoms with Gasteiger partial charge in [0, 0.05) is 45.8 Å². The smallest absolute Gasteiger partial charge is 0.257 e. The van der Waals surface area contributed by atoms with Crippen LogP contribution in [0.4, 0.5) is 10.1 Å². The standard InChI is InChI=1S/C26H32FN3O5/c1-16-13-30(26(33)20-8-6-7-9-22(20)27)17(2)15-35-23-11-10-19(28-18(3)31)12-21(23)25(32)29(4)14-24(16)34-5/h6-12,16-17,24H,13-15H2,1-5H3,(H,28,31)/t16-,17+,24+/m1/s1. The van der Waals surface area contributed by atoms with Gasteiger partial charge in [-0.15, -0.1) is 0 Å². The van der Waals surface area contributed by atoms with E-state index in [1.165, 1.54) is 30.0 Å². The molecule has 1 heterocycles. The molecule has 0 unspecified atom stereocenters. The van der Waals surface area contributed by atoms with Gasteiger partial charge in [0.25, 0.3) is 11.8 Å². The molecule has 8 nitrogen and oxygen atoms in total. The minimum atomic E-state index is -0.589. The van der Waals surface area contributed by atoms with Crippen molar-refractivity contribution in [1.82, 2.24) is 9.80 Å². The number of carbonyl (C=O) groups excluding carboxylic acids is 3. The zero-order valence-electron chi connectivity index (χ0n) is 20.7. The Hall–Kier alpha value is -3.46. The molecular weight excluding hydrogens is 453 g/mol. The van der Waals surface area contributed by atoms with Crippen LogP contribution in [0, 0.1) is 11.7 Å². The second-order valence-corrected chi connectivity index (χ2v) is 8.93. The number of hydrogen-bond donors (Lipinski definition) is 1. The number of anilines is 1. The Labute approximate surface area is 205 Å². The van der Waals surface area contributed by atoms with Gasteiger partial charge < -0.3 is 24.6 Å². The first-order chi connectivity index (χ1) is 16.6. The molecule has 0 radical (unpaired) electrons. The van der Waals surface area contributed by atoms with Crippen LogP contribution in [0.15, 0.2) is 42.5 Å². The highest BCUT2D eigenvalue weighted by molar-refractivity contribution is 5.99. The van der Waals surface area contributed by atoms with E-state index in [0.29, 0.717) is 11.4 Å². The van der Waals surface area contributed by atoms with Crippen LogP contribution >= 0.6 is 0 Å². The van der Waals surface area contributed by atoms with Gasteiger partial charge >= 0.3 is 0 Å². The van der Waals surface area contributed by atoms with Gasteiger partial charge in [0.2, 0.25) is 5.91 Å². The van der Waals surface area contributed by atoms with E-state index in [0.717, 1.165) is 0 Å². The van der Waals surface area contributed by atoms with Crippen molar-refractivity contribution in [2.24, 2.45) is 5.92 Å². The van der Waals surface area contributed by atoms with Crippen molar-refractivity contribution in [3.63, 3.8) is 0 Å². The van der Waals surface area contributed by atoms with Crippen LogP contribution in [0.25, 0.3) is 0 Å². The summed E-state index contributed by atoms with van der Waals surface area (Å²) < 4.78 is 26.1. The van der Waals surface area contributed by atoms with Crippen LogP contribution in [-0.2, 0) is 9.53 Å². The minimum Gasteiger partial charge on any atom is -0.491 e. The first-order valence-corrected chi connectivity index (χ1v) is 11.5. The summed E-state index contributed by atoms with van der Waals surface area (Å²) in [6, 6.07) is 10.3. The Morgan fingerprint density at radius 1 is 1.14 bits per heavy atom. The van der Waals surface area contributed by atoms with Gasteiger partial charge in [-0.1, -0.05) is 19.1 Å². The molecule has 3 rings (SSSR count). The van der Waals surface area contributed by atoms with Gasteiger partial charge in [-0.25, -0.2) is 4.39 Å². The molecule has 2 aromatic rings. The van der Waals surface area contributed by atoms with Crippen LogP contribution in [0.1, 0.15) is 41.5 Å². The van der Waals surface area contributed by atoms with Gasteiger partial charge in [0.1, 0.15) is 18.2 Å². The SMILES string of the molecule is CO[C@H]1CN(C)C(=O)c2cc(NC(C)=O)ccc2OC[C@H](C)N(C(=O)c2ccccc2F)C[C@H]1C. The topological polar surface area (TPSA) is 88.2 Å². The summed E-state index contributed by atoms with van der Waals surface area (Å²) in [6.45, 7) is 5.75. The Bertz CT molecular complexity index is 1090. The average molecular weight is 486 g/mol. The monoisotopic (exact) mass is 485 g/mol. The zero-order chi connectivity index (χ0) is 25.7. The second kappa shape index (κ2) is 11.3. The van der Waals surface area contributed by atoms with E-state index in [9.17, 15) is 18.8 Å². The molecule has 9 heteroatoms. The maximum atomic E-state index is 14.4. The molecule has 3 atom stereocenters. The first kappa shape index (κ1) is 26.2. The number of benzene rings is 2. The first-order valence-electron chi connectivity index (χ1n) is 11.5. The van der Waals surface area contributed by atoms with Gasteiger partial charge in [0.05, 0.1) is 23.3 Å². The summed E-state index contributed by atoms with van der Waals surface area (Å²) in [6.07, 6.45) is -0.380. The third kappa shape index (κ3) is 6.16. The fraction of sp³-hybridized carbons (Fsp3) is 0.423. The van der Waals surface area contributed by atoms with Gasteiger partial charge in [-0.05, 0) is 37.3 Å². The molecule has 0 fully saturated rings. The van der Waals surface area contributed by atoms with Gasteiger partial charge in [0.15, 0.2) is 0 Å². The van der Waals surface area contributed by atoms with E-state index >= 15 is 0 Å². The Balaban J connectivity index is 2.01. The van der Waals surface area contributed by atoms with Gasteiger partial charge in [-0.2, -0.15) is 0 Å². The number of methoxy groups -OCH3 is 1. The number of hydrogen-bond acceptors (Lipinski definition) is 5. The predicted molar refractivity (Wildman–Crippen MR) is 130 cm³/mol. The van der Waals surface area contributed by atoms with E-state index < -0.39 is 17.8 Å². The van der Waals surface area contributed by atoms with E-state index in [1.807, 2.05) is 13.8 Å². The van der Waals surface area contributed by atoms with Crippen LogP contribution in [0.3, 0.4) is 0 Å². The summed E-state index contributed by atoms with van der Waals surface area (Å²) in [7, 11) is 3.22. The quantitative estimate of drug-likeness (QED) is 0.720. The lowest BCUT2D eigenvalue weighted by Gasteiger charge is -2.36. The van der Waals surface area contributed by atoms with Crippen molar-refractivity contribution in [1.29, 1.82) is 0 Å². The summed E-state index contributed by atoms with van der Waals surface area (Å²) >= 11 is 0. The molecule has 0 aliphatic carbocycles. The fourth-order valence-corrected chi connectivity index (χ4v) is 4.13. The molecular formula is C26H32FN3O5. The molecule has 0 saturated carbocycles. The summed E-state index contributed by atoms with van der Waals surface area (Å²) in [5, 5.41) is 2.68. The lowest BCUT2D eigenvalue weighted by molar-refractivity contribution is -0.114. The molecule has 3 amide bonds. The van der Waals surface area contributed by atoms with E-state index in [4.69, 9.17) is 9.47 Å². The number of nitrogens with one attached hydrogen (secondary N) is 1. The molecule has 0 bridgehead atoms. The fourth-order valence-electron chi connectivity index (χ4n) is 4.13. The van der Waals surface area contributed by atoms with Crippen LogP contribution in [-0.4, -0.2) is 73.5 Å². The molecule has 2 aromatic carbocycles. The van der Waals surface area contributed by atoms with Crippen LogP contribution < -0.4 is 10.1 Å². The number of rotatable bonds is 3. The average Bonchev–Trinajstić information content (AvgIpc) is 2.82. The zero-order valence-corrected chi connectivity index (χ0v) is 20.7. The van der Waals surface area contributed by atoms with Crippen molar-refractivity contribution < 1.29 is 28.2 Å². The summed E-state index contributed by atoms with van der Waals surface area (Å²) in [4.78, 5) is 41.3. The maximum Gasteiger partial charge on any atom is 0.257 e. The molecule has 35 heavy (non-hydrogen) atoms. The van der Waals surface area contributed by atoms with Crippen LogP contribution in [0.2, 0.25) is 0 Å². The second-order valence-electron chi connectivity index (χ2n) is 8.93. The number of ether oxygens (including phenoxy) is 2. The summed E-state index contributed by atoms with van der Waals surface area (Å²) in [5.74, 6) is -1.42. The number of halogens is 1. The number of nitrogens with zero attached hydrogens (tertiary/aromatic N) is 2. The van der Waals surface area contributed by atoms with Crippen molar-refractivity contribution in [2.45, 2.75) is 32.9 Å². The van der Waals surface area contributed by atoms with Crippen molar-refractivity contribution in [2.75, 3.05) is 39.2 Å². The number of carbonyl (C=O) groups is 3. The lowest BCUT2D eigenvalue weighted by atomic mass is 10.0. The largest absolute Gasteiger partial charge is 0.491 e. The third-order valence-corrected chi connectivity index (χ3v) is 6.13. The van der Waals surface area contributed by atoms with E-state index in [1.54, 1.807) is 43.3 Å². The molecule has 0 spiro atoms. The molecule has 1 N–H and O–H groups in total. The lowest BCUT2D eigenvalue weighted by Crippen LogP contribution is -2.48. The minimum absolute atomic E-state index is 0.0137. The molecule has 0 aromatic heterocycles. The Morgan fingerprint density at radius 2 is 1.86 bits per heavy atom. The number of fused-ring (bicyclic) bond motifs is 1. The third-order valence-electron chi connectivity index (χ3n) is 6.13. The molecule has 0 saturated heterocycles. The van der Waals surface area contributed by atoms with E-state index in [-0.39, 0.29) is 54.7 Å². The van der Waals surface area contributed by atoms with Crippen molar-refractivity contribution in [3.05, 3.63) is 59.4 Å². The Morgan fingerprint density at radius 3 is 2.51 bits per heavy atom. The van der Waals surface area contributed by atoms with Crippen molar-refractivity contribution in [3.8, 4) is 5.75 Å². The van der Waals surface area contributed by atoms with E-state index in [2.05, 4.69) is 5.32 Å². The molecule has 1 aliphatic rings. The number of likely N-dealkylation sites (N-methyl/N-ethyl adjacent to an activating group) is 1. The summed E-state index contributed by atoms with van der Waals surface area (Å²) in [5.41, 5.74) is 0.732. The maximum absolute atomic E-state index is 14.4. The Kier molecular flexibility index (Phi) is 8.45. The van der Waals surface area contributed by atoms with Gasteiger partial charge in [-0.3, -0.25) is 14.4 Å². The normalized spacial score (nSPS) is 21.3. The molecule has 188 valence electrons. The highest BCUT2D eigenvalue weighted by atomic mass is 19.1.